The summed E-state index contributed by atoms with van der Waals surface area (Å²) < 4.78 is 5.66. The van der Waals surface area contributed by atoms with Crippen molar-refractivity contribution in [2.75, 3.05) is 6.61 Å². The summed E-state index contributed by atoms with van der Waals surface area (Å²) in [4.78, 5) is 27.9. The highest BCUT2D eigenvalue weighted by molar-refractivity contribution is 6.36. The van der Waals surface area contributed by atoms with E-state index in [9.17, 15) is 9.59 Å². The first-order chi connectivity index (χ1) is 15.4. The Bertz CT molecular complexity index is 910. The van der Waals surface area contributed by atoms with Crippen LogP contribution < -0.4 is 10.1 Å². The van der Waals surface area contributed by atoms with Crippen molar-refractivity contribution in [1.82, 2.24) is 10.2 Å². The lowest BCUT2D eigenvalue weighted by atomic mass is 10.1. The normalized spacial score (nSPS) is 14.8. The molecule has 1 saturated carbocycles. The number of nitrogens with one attached hydrogen (secondary N) is 1. The zero-order valence-corrected chi connectivity index (χ0v) is 20.2. The maximum atomic E-state index is 13.3. The monoisotopic (exact) mass is 496 g/mol. The van der Waals surface area contributed by atoms with Crippen molar-refractivity contribution in [1.29, 1.82) is 0 Å². The van der Waals surface area contributed by atoms with Gasteiger partial charge in [0, 0.05) is 33.2 Å². The lowest BCUT2D eigenvalue weighted by molar-refractivity contribution is -0.143. The summed E-state index contributed by atoms with van der Waals surface area (Å²) >= 11 is 18.6. The number of amides is 2. The number of hydrogen-bond acceptors (Lipinski definition) is 3. The number of rotatable bonds is 9. The standard InChI is InChI=1S/C24H27Cl3N2O3/c1-2-22(24(31)28-17-6-3-4-7-17)29(14-19-20(26)8-5-9-21(19)27)23(30)15-32-18-12-10-16(25)11-13-18/h5,8-13,17,22H,2-4,6-7,14-15H2,1H3,(H,28,31). The lowest BCUT2D eigenvalue weighted by Gasteiger charge is -2.32. The number of benzene rings is 2. The predicted octanol–water partition coefficient (Wildman–Crippen LogP) is 5.89. The van der Waals surface area contributed by atoms with Gasteiger partial charge in [-0.3, -0.25) is 9.59 Å². The second-order valence-electron chi connectivity index (χ2n) is 7.88. The Morgan fingerprint density at radius 1 is 1.06 bits per heavy atom. The minimum absolute atomic E-state index is 0.109. The molecule has 32 heavy (non-hydrogen) atoms. The molecular weight excluding hydrogens is 471 g/mol. The molecule has 8 heteroatoms. The van der Waals surface area contributed by atoms with Crippen LogP contribution >= 0.6 is 34.8 Å². The first kappa shape index (κ1) is 24.7. The van der Waals surface area contributed by atoms with E-state index in [-0.39, 0.29) is 31.0 Å². The van der Waals surface area contributed by atoms with Gasteiger partial charge in [0.2, 0.25) is 5.91 Å². The van der Waals surface area contributed by atoms with E-state index in [0.29, 0.717) is 32.8 Å². The lowest BCUT2D eigenvalue weighted by Crippen LogP contribution is -2.52. The van der Waals surface area contributed by atoms with Crippen LogP contribution in [0.15, 0.2) is 42.5 Å². The zero-order valence-electron chi connectivity index (χ0n) is 18.0. The summed E-state index contributed by atoms with van der Waals surface area (Å²) in [5.74, 6) is 0.0220. The fraction of sp³-hybridized carbons (Fsp3) is 0.417. The van der Waals surface area contributed by atoms with Gasteiger partial charge in [-0.25, -0.2) is 0 Å². The van der Waals surface area contributed by atoms with Gasteiger partial charge in [0.25, 0.3) is 5.91 Å². The van der Waals surface area contributed by atoms with Crippen LogP contribution in [-0.4, -0.2) is 35.4 Å². The molecule has 0 aromatic heterocycles. The van der Waals surface area contributed by atoms with Crippen molar-refractivity contribution < 1.29 is 14.3 Å². The van der Waals surface area contributed by atoms with Gasteiger partial charge in [0.05, 0.1) is 0 Å². The molecule has 0 bridgehead atoms. The SMILES string of the molecule is CCC(C(=O)NC1CCCC1)N(Cc1c(Cl)cccc1Cl)C(=O)COc1ccc(Cl)cc1. The Morgan fingerprint density at radius 3 is 2.28 bits per heavy atom. The molecule has 1 N–H and O–H groups in total. The molecule has 0 saturated heterocycles. The van der Waals surface area contributed by atoms with E-state index in [1.807, 2.05) is 6.92 Å². The molecule has 1 unspecified atom stereocenters. The molecule has 172 valence electrons. The number of ether oxygens (including phenoxy) is 1. The fourth-order valence-corrected chi connectivity index (χ4v) is 4.54. The Balaban J connectivity index is 1.80. The van der Waals surface area contributed by atoms with E-state index in [1.165, 1.54) is 4.90 Å². The molecule has 1 aliphatic rings. The van der Waals surface area contributed by atoms with Gasteiger partial charge in [-0.2, -0.15) is 0 Å². The van der Waals surface area contributed by atoms with Crippen molar-refractivity contribution in [2.45, 2.75) is 57.7 Å². The summed E-state index contributed by atoms with van der Waals surface area (Å²) in [7, 11) is 0. The zero-order chi connectivity index (χ0) is 23.1. The smallest absolute Gasteiger partial charge is 0.261 e. The molecule has 2 aromatic rings. The molecule has 2 aromatic carbocycles. The number of carbonyl (C=O) groups is 2. The molecule has 0 radical (unpaired) electrons. The number of nitrogens with zero attached hydrogens (tertiary/aromatic N) is 1. The largest absolute Gasteiger partial charge is 0.484 e. The fourth-order valence-electron chi connectivity index (χ4n) is 3.90. The van der Waals surface area contributed by atoms with E-state index < -0.39 is 6.04 Å². The average Bonchev–Trinajstić information content (AvgIpc) is 3.28. The van der Waals surface area contributed by atoms with Crippen molar-refractivity contribution in [3.8, 4) is 5.75 Å². The highest BCUT2D eigenvalue weighted by atomic mass is 35.5. The second kappa shape index (κ2) is 11.8. The van der Waals surface area contributed by atoms with E-state index in [2.05, 4.69) is 5.32 Å². The van der Waals surface area contributed by atoms with E-state index >= 15 is 0 Å². The van der Waals surface area contributed by atoms with Crippen LogP contribution in [-0.2, 0) is 16.1 Å². The predicted molar refractivity (Wildman–Crippen MR) is 128 cm³/mol. The minimum atomic E-state index is -0.663. The van der Waals surface area contributed by atoms with Gasteiger partial charge in [0.15, 0.2) is 6.61 Å². The minimum Gasteiger partial charge on any atom is -0.484 e. The van der Waals surface area contributed by atoms with Crippen molar-refractivity contribution in [3.05, 3.63) is 63.1 Å². The second-order valence-corrected chi connectivity index (χ2v) is 9.13. The third kappa shape index (κ3) is 6.53. The first-order valence-electron chi connectivity index (χ1n) is 10.8. The number of carbonyl (C=O) groups excluding carboxylic acids is 2. The summed E-state index contributed by atoms with van der Waals surface area (Å²) in [6.07, 6.45) is 4.59. The van der Waals surface area contributed by atoms with Gasteiger partial charge in [-0.05, 0) is 55.7 Å². The van der Waals surface area contributed by atoms with Crippen molar-refractivity contribution in [3.63, 3.8) is 0 Å². The molecular formula is C24H27Cl3N2O3. The van der Waals surface area contributed by atoms with Crippen molar-refractivity contribution >= 4 is 46.6 Å². The third-order valence-electron chi connectivity index (χ3n) is 5.65. The molecule has 1 aliphatic carbocycles. The van der Waals surface area contributed by atoms with Crippen LogP contribution in [0, 0.1) is 0 Å². The van der Waals surface area contributed by atoms with E-state index in [0.717, 1.165) is 25.7 Å². The molecule has 1 atom stereocenters. The van der Waals surface area contributed by atoms with Crippen LogP contribution in [0.1, 0.15) is 44.6 Å². The topological polar surface area (TPSA) is 58.6 Å². The van der Waals surface area contributed by atoms with Crippen LogP contribution in [0.25, 0.3) is 0 Å². The maximum Gasteiger partial charge on any atom is 0.261 e. The molecule has 0 aliphatic heterocycles. The summed E-state index contributed by atoms with van der Waals surface area (Å²) in [6, 6.07) is 11.4. The molecule has 0 heterocycles. The summed E-state index contributed by atoms with van der Waals surface area (Å²) in [5.41, 5.74) is 0.600. The third-order valence-corrected chi connectivity index (χ3v) is 6.61. The average molecular weight is 498 g/mol. The van der Waals surface area contributed by atoms with Crippen LogP contribution in [0.3, 0.4) is 0 Å². The molecule has 1 fully saturated rings. The van der Waals surface area contributed by atoms with Gasteiger partial charge < -0.3 is 15.0 Å². The van der Waals surface area contributed by atoms with Crippen LogP contribution in [0.4, 0.5) is 0 Å². The maximum absolute atomic E-state index is 13.3. The van der Waals surface area contributed by atoms with Crippen LogP contribution in [0.5, 0.6) is 5.75 Å². The first-order valence-corrected chi connectivity index (χ1v) is 11.9. The Kier molecular flexibility index (Phi) is 9.09. The molecule has 0 spiro atoms. The summed E-state index contributed by atoms with van der Waals surface area (Å²) in [5, 5.41) is 4.57. The Morgan fingerprint density at radius 2 is 1.69 bits per heavy atom. The highest BCUT2D eigenvalue weighted by Crippen LogP contribution is 2.27. The number of hydrogen-bond donors (Lipinski definition) is 1. The molecule has 5 nitrogen and oxygen atoms in total. The molecule has 3 rings (SSSR count). The Hall–Kier alpha value is -1.95. The molecule has 2 amide bonds. The summed E-state index contributed by atoms with van der Waals surface area (Å²) in [6.45, 7) is 1.77. The van der Waals surface area contributed by atoms with Crippen LogP contribution in [0.2, 0.25) is 15.1 Å². The van der Waals surface area contributed by atoms with Gasteiger partial charge >= 0.3 is 0 Å². The van der Waals surface area contributed by atoms with E-state index in [4.69, 9.17) is 39.5 Å². The van der Waals surface area contributed by atoms with Gasteiger partial charge in [0.1, 0.15) is 11.8 Å². The Labute approximate surface area is 204 Å². The number of halogens is 3. The van der Waals surface area contributed by atoms with Gasteiger partial charge in [-0.1, -0.05) is 60.6 Å². The van der Waals surface area contributed by atoms with Crippen molar-refractivity contribution in [2.24, 2.45) is 0 Å². The van der Waals surface area contributed by atoms with Gasteiger partial charge in [-0.15, -0.1) is 0 Å². The highest BCUT2D eigenvalue weighted by Gasteiger charge is 2.31. The van der Waals surface area contributed by atoms with E-state index in [1.54, 1.807) is 42.5 Å². The quantitative estimate of drug-likeness (QED) is 0.470.